The van der Waals surface area contributed by atoms with E-state index in [4.69, 9.17) is 4.74 Å². The van der Waals surface area contributed by atoms with E-state index in [-0.39, 0.29) is 11.9 Å². The zero-order chi connectivity index (χ0) is 18.5. The van der Waals surface area contributed by atoms with Gasteiger partial charge in [0, 0.05) is 35.9 Å². The van der Waals surface area contributed by atoms with Crippen LogP contribution in [0.25, 0.3) is 0 Å². The van der Waals surface area contributed by atoms with E-state index in [1.807, 2.05) is 26.1 Å². The topological polar surface area (TPSA) is 44.8 Å². The fraction of sp³-hybridized carbons (Fsp3) is 0.450. The number of amides is 1. The zero-order valence-electron chi connectivity index (χ0n) is 15.7. The fourth-order valence-corrected chi connectivity index (χ4v) is 3.92. The van der Waals surface area contributed by atoms with Gasteiger partial charge in [-0.15, -0.1) is 11.3 Å². The van der Waals surface area contributed by atoms with Crippen LogP contribution < -0.4 is 10.2 Å². The minimum atomic E-state index is -0.199. The SMILES string of the molecule is Cc1ccsc1CN(C)[C@H](C)C(=O)Nc1ccc(N2CCOCC2)cc1. The molecule has 0 bridgehead atoms. The van der Waals surface area contributed by atoms with Crippen molar-refractivity contribution in [2.45, 2.75) is 26.4 Å². The maximum absolute atomic E-state index is 12.6. The van der Waals surface area contributed by atoms with Gasteiger partial charge < -0.3 is 15.0 Å². The number of hydrogen-bond donors (Lipinski definition) is 1. The molecule has 0 saturated carbocycles. The second-order valence-electron chi connectivity index (χ2n) is 6.75. The second kappa shape index (κ2) is 8.66. The van der Waals surface area contributed by atoms with Crippen molar-refractivity contribution in [3.8, 4) is 0 Å². The minimum absolute atomic E-state index is 0.0147. The number of aryl methyl sites for hydroxylation is 1. The van der Waals surface area contributed by atoms with Gasteiger partial charge >= 0.3 is 0 Å². The average Bonchev–Trinajstić information content (AvgIpc) is 3.07. The van der Waals surface area contributed by atoms with E-state index in [1.165, 1.54) is 16.1 Å². The Balaban J connectivity index is 1.55. The van der Waals surface area contributed by atoms with Crippen LogP contribution in [-0.2, 0) is 16.1 Å². The number of nitrogens with one attached hydrogen (secondary N) is 1. The van der Waals surface area contributed by atoms with E-state index in [2.05, 4.69) is 45.6 Å². The smallest absolute Gasteiger partial charge is 0.241 e. The summed E-state index contributed by atoms with van der Waals surface area (Å²) in [4.78, 5) is 18.3. The van der Waals surface area contributed by atoms with E-state index < -0.39 is 0 Å². The van der Waals surface area contributed by atoms with Crippen LogP contribution in [0.1, 0.15) is 17.4 Å². The predicted octanol–water partition coefficient (Wildman–Crippen LogP) is 3.35. The lowest BCUT2D eigenvalue weighted by Gasteiger charge is -2.29. The van der Waals surface area contributed by atoms with Crippen molar-refractivity contribution in [2.75, 3.05) is 43.6 Å². The van der Waals surface area contributed by atoms with Crippen molar-refractivity contribution in [3.05, 3.63) is 46.2 Å². The van der Waals surface area contributed by atoms with E-state index in [0.29, 0.717) is 0 Å². The number of nitrogens with zero attached hydrogens (tertiary/aromatic N) is 2. The molecular weight excluding hydrogens is 346 g/mol. The van der Waals surface area contributed by atoms with Crippen LogP contribution in [0.15, 0.2) is 35.7 Å². The summed E-state index contributed by atoms with van der Waals surface area (Å²) in [6.07, 6.45) is 0. The first kappa shape index (κ1) is 18.9. The van der Waals surface area contributed by atoms with Gasteiger partial charge in [0.1, 0.15) is 0 Å². The summed E-state index contributed by atoms with van der Waals surface area (Å²) in [5.74, 6) is 0.0147. The lowest BCUT2D eigenvalue weighted by atomic mass is 10.2. The Morgan fingerprint density at radius 1 is 1.27 bits per heavy atom. The van der Waals surface area contributed by atoms with Gasteiger partial charge in [0.15, 0.2) is 0 Å². The minimum Gasteiger partial charge on any atom is -0.378 e. The third-order valence-corrected chi connectivity index (χ3v) is 5.92. The first-order chi connectivity index (χ1) is 12.5. The highest BCUT2D eigenvalue weighted by Crippen LogP contribution is 2.21. The largest absolute Gasteiger partial charge is 0.378 e. The molecule has 1 aliphatic heterocycles. The van der Waals surface area contributed by atoms with Gasteiger partial charge in [0.2, 0.25) is 5.91 Å². The number of carbonyl (C=O) groups is 1. The number of benzene rings is 1. The van der Waals surface area contributed by atoms with E-state index in [1.54, 1.807) is 11.3 Å². The molecule has 2 aromatic rings. The van der Waals surface area contributed by atoms with Gasteiger partial charge in [-0.25, -0.2) is 0 Å². The Hall–Kier alpha value is -1.89. The summed E-state index contributed by atoms with van der Waals surface area (Å²) in [5.41, 5.74) is 3.29. The Morgan fingerprint density at radius 3 is 2.58 bits per heavy atom. The van der Waals surface area contributed by atoms with Crippen molar-refractivity contribution in [2.24, 2.45) is 0 Å². The van der Waals surface area contributed by atoms with Crippen LogP contribution in [0, 0.1) is 6.92 Å². The summed E-state index contributed by atoms with van der Waals surface area (Å²) in [6.45, 7) is 8.21. The second-order valence-corrected chi connectivity index (χ2v) is 7.75. The van der Waals surface area contributed by atoms with Crippen LogP contribution in [-0.4, -0.2) is 50.2 Å². The number of hydrogen-bond acceptors (Lipinski definition) is 5. The van der Waals surface area contributed by atoms with Crippen molar-refractivity contribution >= 4 is 28.6 Å². The van der Waals surface area contributed by atoms with Crippen LogP contribution in [0.3, 0.4) is 0 Å². The van der Waals surface area contributed by atoms with Crippen LogP contribution in [0.5, 0.6) is 0 Å². The highest BCUT2D eigenvalue weighted by Gasteiger charge is 2.19. The Kier molecular flexibility index (Phi) is 6.29. The highest BCUT2D eigenvalue weighted by molar-refractivity contribution is 7.10. The molecular formula is C20H27N3O2S. The summed E-state index contributed by atoms with van der Waals surface area (Å²) in [5, 5.41) is 5.12. The molecule has 1 atom stereocenters. The number of anilines is 2. The molecule has 0 radical (unpaired) electrons. The van der Waals surface area contributed by atoms with E-state index >= 15 is 0 Å². The number of carbonyl (C=O) groups excluding carboxylic acids is 1. The number of rotatable bonds is 6. The fourth-order valence-electron chi connectivity index (χ4n) is 2.95. The molecule has 6 heteroatoms. The molecule has 26 heavy (non-hydrogen) atoms. The molecule has 0 aliphatic carbocycles. The maximum Gasteiger partial charge on any atom is 0.241 e. The van der Waals surface area contributed by atoms with Gasteiger partial charge in [-0.3, -0.25) is 9.69 Å². The molecule has 3 rings (SSSR count). The quantitative estimate of drug-likeness (QED) is 0.843. The van der Waals surface area contributed by atoms with Crippen LogP contribution >= 0.6 is 11.3 Å². The lowest BCUT2D eigenvalue weighted by molar-refractivity contribution is -0.120. The first-order valence-corrected chi connectivity index (χ1v) is 9.89. The third kappa shape index (κ3) is 4.63. The molecule has 2 heterocycles. The van der Waals surface area contributed by atoms with E-state index in [0.717, 1.165) is 38.5 Å². The lowest BCUT2D eigenvalue weighted by Crippen LogP contribution is -2.39. The molecule has 1 aromatic carbocycles. The third-order valence-electron chi connectivity index (χ3n) is 4.91. The number of morpholine rings is 1. The van der Waals surface area contributed by atoms with Gasteiger partial charge in [0.05, 0.1) is 19.3 Å². The molecule has 1 saturated heterocycles. The predicted molar refractivity (Wildman–Crippen MR) is 108 cm³/mol. The standard InChI is InChI=1S/C20H27N3O2S/c1-15-8-13-26-19(15)14-22(3)16(2)20(24)21-17-4-6-18(7-5-17)23-9-11-25-12-10-23/h4-8,13,16H,9-12,14H2,1-3H3,(H,21,24)/t16-/m1/s1. The van der Waals surface area contributed by atoms with Crippen molar-refractivity contribution in [1.29, 1.82) is 0 Å². The first-order valence-electron chi connectivity index (χ1n) is 9.01. The molecule has 0 unspecified atom stereocenters. The van der Waals surface area contributed by atoms with Gasteiger partial charge in [-0.05, 0) is 62.2 Å². The number of likely N-dealkylation sites (N-methyl/N-ethyl adjacent to an activating group) is 1. The average molecular weight is 374 g/mol. The summed E-state index contributed by atoms with van der Waals surface area (Å²) in [7, 11) is 1.99. The molecule has 5 nitrogen and oxygen atoms in total. The summed E-state index contributed by atoms with van der Waals surface area (Å²) in [6, 6.07) is 9.98. The van der Waals surface area contributed by atoms with Gasteiger partial charge in [-0.1, -0.05) is 0 Å². The van der Waals surface area contributed by atoms with E-state index in [9.17, 15) is 4.79 Å². The molecule has 1 fully saturated rings. The maximum atomic E-state index is 12.6. The van der Waals surface area contributed by atoms with Gasteiger partial charge in [0.25, 0.3) is 0 Å². The highest BCUT2D eigenvalue weighted by atomic mass is 32.1. The Morgan fingerprint density at radius 2 is 1.96 bits per heavy atom. The molecule has 1 amide bonds. The van der Waals surface area contributed by atoms with Crippen molar-refractivity contribution in [1.82, 2.24) is 4.90 Å². The molecule has 1 aliphatic rings. The van der Waals surface area contributed by atoms with Gasteiger partial charge in [-0.2, -0.15) is 0 Å². The normalized spacial score (nSPS) is 15.9. The monoisotopic (exact) mass is 373 g/mol. The molecule has 140 valence electrons. The Labute approximate surface area is 159 Å². The summed E-state index contributed by atoms with van der Waals surface area (Å²) < 4.78 is 5.39. The molecule has 1 aromatic heterocycles. The van der Waals surface area contributed by atoms with Crippen LogP contribution in [0.4, 0.5) is 11.4 Å². The zero-order valence-corrected chi connectivity index (χ0v) is 16.5. The molecule has 0 spiro atoms. The van der Waals surface area contributed by atoms with Crippen LogP contribution in [0.2, 0.25) is 0 Å². The summed E-state index contributed by atoms with van der Waals surface area (Å²) >= 11 is 1.74. The number of ether oxygens (including phenoxy) is 1. The van der Waals surface area contributed by atoms with Crippen molar-refractivity contribution < 1.29 is 9.53 Å². The number of thiophene rings is 1. The Bertz CT molecular complexity index is 723. The molecule has 1 N–H and O–H groups in total. The van der Waals surface area contributed by atoms with Crippen molar-refractivity contribution in [3.63, 3.8) is 0 Å².